The number of hydrogen-bond donors (Lipinski definition) is 2. The molecule has 3 rings (SSSR count). The fourth-order valence-electron chi connectivity index (χ4n) is 2.51. The average molecular weight is 327 g/mol. The topological polar surface area (TPSA) is 96.3 Å². The number of nitrogens with zero attached hydrogens (tertiary/aromatic N) is 3. The zero-order chi connectivity index (χ0) is 16.9. The summed E-state index contributed by atoms with van der Waals surface area (Å²) >= 11 is 0. The molecule has 1 aromatic carbocycles. The van der Waals surface area contributed by atoms with Crippen LogP contribution in [-0.2, 0) is 16.1 Å². The maximum Gasteiger partial charge on any atom is 0.325 e. The Bertz CT molecular complexity index is 713. The van der Waals surface area contributed by atoms with Gasteiger partial charge in [0.15, 0.2) is 0 Å². The maximum atomic E-state index is 12.3. The number of amides is 4. The van der Waals surface area contributed by atoms with Gasteiger partial charge in [-0.1, -0.05) is 30.3 Å². The van der Waals surface area contributed by atoms with Crippen molar-refractivity contribution in [1.29, 1.82) is 0 Å². The Morgan fingerprint density at radius 1 is 1.25 bits per heavy atom. The second kappa shape index (κ2) is 6.95. The molecule has 4 amide bonds. The van der Waals surface area contributed by atoms with Crippen molar-refractivity contribution in [3.8, 4) is 0 Å². The van der Waals surface area contributed by atoms with Gasteiger partial charge in [0, 0.05) is 12.4 Å². The van der Waals surface area contributed by atoms with Crippen molar-refractivity contribution in [2.24, 2.45) is 0 Å². The van der Waals surface area contributed by atoms with Gasteiger partial charge in [0.05, 0.1) is 19.1 Å². The van der Waals surface area contributed by atoms with Crippen molar-refractivity contribution in [2.75, 3.05) is 13.1 Å². The molecule has 2 heterocycles. The molecule has 0 radical (unpaired) electrons. The highest BCUT2D eigenvalue weighted by Gasteiger charge is 2.30. The third kappa shape index (κ3) is 3.60. The van der Waals surface area contributed by atoms with Crippen LogP contribution in [-0.4, -0.2) is 45.6 Å². The zero-order valence-electron chi connectivity index (χ0n) is 12.9. The predicted molar refractivity (Wildman–Crippen MR) is 84.7 cm³/mol. The van der Waals surface area contributed by atoms with Crippen molar-refractivity contribution >= 4 is 17.8 Å². The summed E-state index contributed by atoms with van der Waals surface area (Å²) in [7, 11) is 0. The number of hydrogen-bond acceptors (Lipinski definition) is 4. The first-order valence-electron chi connectivity index (χ1n) is 7.53. The van der Waals surface area contributed by atoms with Crippen molar-refractivity contribution < 1.29 is 14.4 Å². The first kappa shape index (κ1) is 15.7. The quantitative estimate of drug-likeness (QED) is 0.746. The van der Waals surface area contributed by atoms with Crippen LogP contribution in [0.3, 0.4) is 0 Å². The van der Waals surface area contributed by atoms with Gasteiger partial charge in [-0.25, -0.2) is 4.79 Å². The first-order valence-corrected chi connectivity index (χ1v) is 7.53. The summed E-state index contributed by atoms with van der Waals surface area (Å²) in [4.78, 5) is 36.3. The Morgan fingerprint density at radius 2 is 2.04 bits per heavy atom. The number of rotatable bonds is 6. The van der Waals surface area contributed by atoms with Crippen LogP contribution in [0.1, 0.15) is 11.6 Å². The number of aromatic nitrogens is 2. The predicted octanol–water partition coefficient (Wildman–Crippen LogP) is 0.292. The maximum absolute atomic E-state index is 12.3. The molecule has 124 valence electrons. The molecule has 8 nitrogen and oxygen atoms in total. The molecule has 0 spiro atoms. The molecular formula is C16H17N5O3. The molecule has 2 aromatic rings. The Hall–Kier alpha value is -3.16. The van der Waals surface area contributed by atoms with E-state index in [0.717, 1.165) is 10.5 Å². The summed E-state index contributed by atoms with van der Waals surface area (Å²) in [5, 5.41) is 9.41. The normalized spacial score (nSPS) is 15.2. The average Bonchev–Trinajstić information content (AvgIpc) is 3.20. The van der Waals surface area contributed by atoms with E-state index in [2.05, 4.69) is 15.7 Å². The molecule has 0 bridgehead atoms. The van der Waals surface area contributed by atoms with Gasteiger partial charge in [0.25, 0.3) is 5.91 Å². The second-order valence-electron chi connectivity index (χ2n) is 5.40. The van der Waals surface area contributed by atoms with Crippen molar-refractivity contribution in [2.45, 2.75) is 12.6 Å². The lowest BCUT2D eigenvalue weighted by Gasteiger charge is -2.21. The minimum absolute atomic E-state index is 0.0679. The van der Waals surface area contributed by atoms with Crippen molar-refractivity contribution in [1.82, 2.24) is 25.3 Å². The second-order valence-corrected chi connectivity index (χ2v) is 5.40. The number of urea groups is 1. The van der Waals surface area contributed by atoms with E-state index in [0.29, 0.717) is 6.54 Å². The molecule has 1 atom stereocenters. The third-order valence-electron chi connectivity index (χ3n) is 3.70. The smallest absolute Gasteiger partial charge is 0.325 e. The first-order chi connectivity index (χ1) is 11.6. The van der Waals surface area contributed by atoms with Crippen molar-refractivity contribution in [3.63, 3.8) is 0 Å². The van der Waals surface area contributed by atoms with Gasteiger partial charge in [-0.15, -0.1) is 0 Å². The van der Waals surface area contributed by atoms with E-state index in [1.807, 2.05) is 30.3 Å². The Morgan fingerprint density at radius 3 is 2.67 bits per heavy atom. The van der Waals surface area contributed by atoms with E-state index in [1.165, 1.54) is 0 Å². The van der Waals surface area contributed by atoms with Gasteiger partial charge in [-0.3, -0.25) is 19.2 Å². The summed E-state index contributed by atoms with van der Waals surface area (Å²) in [5.74, 6) is -0.806. The lowest BCUT2D eigenvalue weighted by molar-refractivity contribution is -0.131. The van der Waals surface area contributed by atoms with Gasteiger partial charge >= 0.3 is 6.03 Å². The molecule has 0 aliphatic carbocycles. The Kier molecular flexibility index (Phi) is 4.55. The van der Waals surface area contributed by atoms with Gasteiger partial charge in [0.1, 0.15) is 6.54 Å². The standard InChI is InChI=1S/C16H17N5O3/c22-14(11-21-15(23)9-17-16(21)24)19-13(10-20-8-4-7-18-20)12-5-2-1-3-6-12/h1-8,13H,9-11H2,(H,17,24)(H,19,22)/t13-/m0/s1. The van der Waals surface area contributed by atoms with Crippen LogP contribution in [0.15, 0.2) is 48.8 Å². The summed E-state index contributed by atoms with van der Waals surface area (Å²) in [6, 6.07) is 10.4. The highest BCUT2D eigenvalue weighted by molar-refractivity contribution is 6.04. The van der Waals surface area contributed by atoms with Gasteiger partial charge in [-0.05, 0) is 11.6 Å². The Labute approximate surface area is 138 Å². The largest absolute Gasteiger partial charge is 0.346 e. The van der Waals surface area contributed by atoms with Gasteiger partial charge in [0.2, 0.25) is 5.91 Å². The fraction of sp³-hybridized carbons (Fsp3) is 0.250. The van der Waals surface area contributed by atoms with Gasteiger partial charge < -0.3 is 10.6 Å². The fourth-order valence-corrected chi connectivity index (χ4v) is 2.51. The highest BCUT2D eigenvalue weighted by atomic mass is 16.2. The van der Waals surface area contributed by atoms with E-state index in [-0.39, 0.29) is 19.1 Å². The molecule has 0 unspecified atom stereocenters. The molecule has 1 aliphatic heterocycles. The number of benzene rings is 1. The summed E-state index contributed by atoms with van der Waals surface area (Å²) in [6.45, 7) is 0.0809. The van der Waals surface area contributed by atoms with Crippen molar-refractivity contribution in [3.05, 3.63) is 54.4 Å². The molecule has 2 N–H and O–H groups in total. The van der Waals surface area contributed by atoms with Crippen LogP contribution < -0.4 is 10.6 Å². The Balaban J connectivity index is 1.70. The van der Waals surface area contributed by atoms with Crippen LogP contribution in [0, 0.1) is 0 Å². The van der Waals surface area contributed by atoms with E-state index >= 15 is 0 Å². The molecule has 0 saturated carbocycles. The zero-order valence-corrected chi connectivity index (χ0v) is 12.9. The lowest BCUT2D eigenvalue weighted by Crippen LogP contribution is -2.42. The van der Waals surface area contributed by atoms with E-state index in [1.54, 1.807) is 23.1 Å². The van der Waals surface area contributed by atoms with Crippen LogP contribution in [0.25, 0.3) is 0 Å². The summed E-state index contributed by atoms with van der Waals surface area (Å²) in [6.07, 6.45) is 3.47. The molecule has 24 heavy (non-hydrogen) atoms. The van der Waals surface area contributed by atoms with E-state index in [4.69, 9.17) is 0 Å². The minimum atomic E-state index is -0.543. The monoisotopic (exact) mass is 327 g/mol. The number of carbonyl (C=O) groups is 3. The molecule has 1 saturated heterocycles. The SMILES string of the molecule is O=C(CN1C(=O)CNC1=O)N[C@@H](Cn1cccn1)c1ccccc1. The number of nitrogens with one attached hydrogen (secondary N) is 2. The van der Waals surface area contributed by atoms with Crippen LogP contribution in [0.2, 0.25) is 0 Å². The molecule has 1 aromatic heterocycles. The number of imide groups is 1. The molecular weight excluding hydrogens is 310 g/mol. The van der Waals surface area contributed by atoms with E-state index < -0.39 is 17.8 Å². The highest BCUT2D eigenvalue weighted by Crippen LogP contribution is 2.15. The lowest BCUT2D eigenvalue weighted by atomic mass is 10.1. The van der Waals surface area contributed by atoms with Gasteiger partial charge in [-0.2, -0.15) is 5.10 Å². The molecule has 1 aliphatic rings. The van der Waals surface area contributed by atoms with Crippen LogP contribution in [0.5, 0.6) is 0 Å². The minimum Gasteiger partial charge on any atom is -0.346 e. The molecule has 1 fully saturated rings. The van der Waals surface area contributed by atoms with E-state index in [9.17, 15) is 14.4 Å². The molecule has 8 heteroatoms. The third-order valence-corrected chi connectivity index (χ3v) is 3.70. The number of carbonyl (C=O) groups excluding carboxylic acids is 3. The van der Waals surface area contributed by atoms with Crippen LogP contribution in [0.4, 0.5) is 4.79 Å². The summed E-state index contributed by atoms with van der Waals surface area (Å²) < 4.78 is 1.71. The van der Waals surface area contributed by atoms with Crippen LogP contribution >= 0.6 is 0 Å². The summed E-state index contributed by atoms with van der Waals surface area (Å²) in [5.41, 5.74) is 0.915.